The van der Waals surface area contributed by atoms with Crippen LogP contribution in [0.5, 0.6) is 0 Å². The van der Waals surface area contributed by atoms with Crippen LogP contribution in [0.4, 0.5) is 0 Å². The molecular formula is C5H8NO. The van der Waals surface area contributed by atoms with Crippen molar-refractivity contribution in [3.05, 3.63) is 6.04 Å². The van der Waals surface area contributed by atoms with Crippen molar-refractivity contribution in [3.8, 4) is 0 Å². The Labute approximate surface area is 42.9 Å². The summed E-state index contributed by atoms with van der Waals surface area (Å²) in [6.07, 6.45) is 1.26. The summed E-state index contributed by atoms with van der Waals surface area (Å²) in [6.45, 7) is 1.78. The maximum absolute atomic E-state index is 5.13. The van der Waals surface area contributed by atoms with E-state index in [1.54, 1.807) is 0 Å². The van der Waals surface area contributed by atoms with Crippen LogP contribution in [0.3, 0.4) is 0 Å². The molecule has 3 saturated heterocycles. The highest BCUT2D eigenvalue weighted by atomic mass is 16.5. The molecule has 3 heterocycles. The first-order chi connectivity index (χ1) is 3.45. The average molecular weight is 98.1 g/mol. The van der Waals surface area contributed by atoms with E-state index >= 15 is 0 Å². The Bertz CT molecular complexity index is 64.6. The van der Waals surface area contributed by atoms with E-state index in [0.29, 0.717) is 6.04 Å². The van der Waals surface area contributed by atoms with Crippen LogP contribution >= 0.6 is 0 Å². The molecule has 0 aliphatic carbocycles. The number of fused-ring (bicyclic) bond motifs is 2. The van der Waals surface area contributed by atoms with E-state index in [4.69, 9.17) is 4.74 Å². The minimum Gasteiger partial charge on any atom is -0.378 e. The van der Waals surface area contributed by atoms with Gasteiger partial charge < -0.3 is 10.1 Å². The molecule has 0 amide bonds. The molecule has 0 aromatic carbocycles. The first kappa shape index (κ1) is 3.87. The van der Waals surface area contributed by atoms with Crippen molar-refractivity contribution < 1.29 is 4.74 Å². The van der Waals surface area contributed by atoms with E-state index in [-0.39, 0.29) is 0 Å². The summed E-state index contributed by atoms with van der Waals surface area (Å²) in [5.74, 6) is 0. The molecule has 2 bridgehead atoms. The average Bonchev–Trinajstić information content (AvgIpc) is 1.67. The summed E-state index contributed by atoms with van der Waals surface area (Å²) in [5, 5.41) is 3.27. The first-order valence-corrected chi connectivity index (χ1v) is 2.64. The second-order valence-corrected chi connectivity index (χ2v) is 2.16. The van der Waals surface area contributed by atoms with Crippen molar-refractivity contribution >= 4 is 0 Å². The zero-order valence-corrected chi connectivity index (χ0v) is 4.11. The Morgan fingerprint density at radius 2 is 2.57 bits per heavy atom. The summed E-state index contributed by atoms with van der Waals surface area (Å²) in [4.78, 5) is 0. The van der Waals surface area contributed by atoms with Crippen molar-refractivity contribution in [2.75, 3.05) is 13.2 Å². The molecule has 3 fully saturated rings. The van der Waals surface area contributed by atoms with Gasteiger partial charge in [-0.2, -0.15) is 0 Å². The van der Waals surface area contributed by atoms with E-state index in [1.807, 2.05) is 0 Å². The third-order valence-corrected chi connectivity index (χ3v) is 1.50. The van der Waals surface area contributed by atoms with Gasteiger partial charge in [-0.05, 0) is 6.42 Å². The van der Waals surface area contributed by atoms with Crippen LogP contribution in [0.2, 0.25) is 0 Å². The quantitative estimate of drug-likeness (QED) is 0.457. The zero-order chi connectivity index (χ0) is 4.69. The summed E-state index contributed by atoms with van der Waals surface area (Å²) in [7, 11) is 0. The van der Waals surface area contributed by atoms with Gasteiger partial charge in [0.2, 0.25) is 0 Å². The molecule has 1 radical (unpaired) electrons. The largest absolute Gasteiger partial charge is 0.378 e. The van der Waals surface area contributed by atoms with Gasteiger partial charge in [0, 0.05) is 6.04 Å². The fraction of sp³-hybridized carbons (Fsp3) is 0.800. The van der Waals surface area contributed by atoms with Gasteiger partial charge in [0.05, 0.1) is 19.3 Å². The van der Waals surface area contributed by atoms with Crippen LogP contribution in [0, 0.1) is 6.04 Å². The van der Waals surface area contributed by atoms with Crippen molar-refractivity contribution in [1.82, 2.24) is 5.32 Å². The van der Waals surface area contributed by atoms with Gasteiger partial charge in [0.25, 0.3) is 0 Å². The molecule has 2 heteroatoms. The van der Waals surface area contributed by atoms with Crippen molar-refractivity contribution in [2.24, 2.45) is 0 Å². The third kappa shape index (κ3) is 0.469. The number of ether oxygens (including phenoxy) is 1. The minimum atomic E-state index is 0.670. The van der Waals surface area contributed by atoms with Gasteiger partial charge in [0.1, 0.15) is 0 Å². The fourth-order valence-corrected chi connectivity index (χ4v) is 1.09. The summed E-state index contributed by atoms with van der Waals surface area (Å²) < 4.78 is 5.13. The second-order valence-electron chi connectivity index (χ2n) is 2.16. The predicted octanol–water partition coefficient (Wildman–Crippen LogP) is -0.0895. The van der Waals surface area contributed by atoms with E-state index in [2.05, 4.69) is 5.32 Å². The molecule has 1 atom stereocenters. The summed E-state index contributed by atoms with van der Waals surface area (Å²) in [6, 6.07) is 2.06. The summed E-state index contributed by atoms with van der Waals surface area (Å²) in [5.41, 5.74) is 0. The highest BCUT2D eigenvalue weighted by Gasteiger charge is 2.33. The Hall–Kier alpha value is -0.0800. The SMILES string of the molecule is C1OCC2C[C]1N2. The number of hydrogen-bond donors (Lipinski definition) is 1. The van der Waals surface area contributed by atoms with Gasteiger partial charge in [0.15, 0.2) is 0 Å². The standard InChI is InChI=1S/C5H8NO/c1-4-2-7-3-5(1)6-4/h4,6H,1-3H2. The van der Waals surface area contributed by atoms with E-state index in [1.165, 1.54) is 12.5 Å². The molecule has 2 nitrogen and oxygen atoms in total. The molecule has 39 valence electrons. The maximum Gasteiger partial charge on any atom is 0.0668 e. The molecule has 0 aromatic heterocycles. The molecule has 3 aliphatic heterocycles. The smallest absolute Gasteiger partial charge is 0.0668 e. The molecule has 0 saturated carbocycles. The first-order valence-electron chi connectivity index (χ1n) is 2.64. The lowest BCUT2D eigenvalue weighted by Crippen LogP contribution is -2.55. The van der Waals surface area contributed by atoms with Crippen LogP contribution in [0.15, 0.2) is 0 Å². The van der Waals surface area contributed by atoms with Gasteiger partial charge in [-0.15, -0.1) is 0 Å². The van der Waals surface area contributed by atoms with Crippen LogP contribution in [0.25, 0.3) is 0 Å². The van der Waals surface area contributed by atoms with Crippen LogP contribution < -0.4 is 5.32 Å². The van der Waals surface area contributed by atoms with Crippen LogP contribution in [-0.2, 0) is 4.74 Å². The third-order valence-electron chi connectivity index (χ3n) is 1.50. The Morgan fingerprint density at radius 3 is 2.71 bits per heavy atom. The van der Waals surface area contributed by atoms with Gasteiger partial charge in [-0.3, -0.25) is 0 Å². The molecular weight excluding hydrogens is 90.1 g/mol. The highest BCUT2D eigenvalue weighted by molar-refractivity contribution is 5.06. The second kappa shape index (κ2) is 1.20. The zero-order valence-electron chi connectivity index (χ0n) is 4.11. The van der Waals surface area contributed by atoms with Crippen molar-refractivity contribution in [1.29, 1.82) is 0 Å². The molecule has 3 rings (SSSR count). The normalized spacial score (nSPS) is 40.3. The van der Waals surface area contributed by atoms with E-state index in [0.717, 1.165) is 13.2 Å². The molecule has 3 aliphatic rings. The molecule has 0 spiro atoms. The highest BCUT2D eigenvalue weighted by Crippen LogP contribution is 2.23. The van der Waals surface area contributed by atoms with Gasteiger partial charge in [-0.25, -0.2) is 0 Å². The topological polar surface area (TPSA) is 21.3 Å². The van der Waals surface area contributed by atoms with Crippen LogP contribution in [-0.4, -0.2) is 19.3 Å². The lowest BCUT2D eigenvalue weighted by Gasteiger charge is -2.41. The Balaban J connectivity index is 1.99. The van der Waals surface area contributed by atoms with Crippen molar-refractivity contribution in [3.63, 3.8) is 0 Å². The number of morpholine rings is 1. The minimum absolute atomic E-state index is 0.670. The van der Waals surface area contributed by atoms with E-state index in [9.17, 15) is 0 Å². The Morgan fingerprint density at radius 1 is 1.71 bits per heavy atom. The Kier molecular flexibility index (Phi) is 0.664. The van der Waals surface area contributed by atoms with Gasteiger partial charge in [-0.1, -0.05) is 0 Å². The molecule has 7 heavy (non-hydrogen) atoms. The number of rotatable bonds is 0. The predicted molar refractivity (Wildman–Crippen MR) is 25.6 cm³/mol. The lowest BCUT2D eigenvalue weighted by molar-refractivity contribution is 0.0277. The van der Waals surface area contributed by atoms with Gasteiger partial charge >= 0.3 is 0 Å². The van der Waals surface area contributed by atoms with Crippen LogP contribution in [0.1, 0.15) is 6.42 Å². The monoisotopic (exact) mass is 98.1 g/mol. The maximum atomic E-state index is 5.13. The lowest BCUT2D eigenvalue weighted by atomic mass is 9.96. The number of hydrogen-bond acceptors (Lipinski definition) is 2. The molecule has 0 aromatic rings. The number of nitrogens with one attached hydrogen (secondary N) is 1. The van der Waals surface area contributed by atoms with Crippen molar-refractivity contribution in [2.45, 2.75) is 12.5 Å². The molecule has 1 unspecified atom stereocenters. The fourth-order valence-electron chi connectivity index (χ4n) is 1.09. The van der Waals surface area contributed by atoms with E-state index < -0.39 is 0 Å². The summed E-state index contributed by atoms with van der Waals surface area (Å²) >= 11 is 0. The molecule has 1 N–H and O–H groups in total.